The highest BCUT2D eigenvalue weighted by Gasteiger charge is 2.77. The molecule has 3 heteroatoms. The molecular formula is C25H35NO2. The maximum Gasteiger partial charge on any atom is 0.123 e. The fourth-order valence-electron chi connectivity index (χ4n) is 8.53. The zero-order valence-corrected chi connectivity index (χ0v) is 18.1. The normalized spacial score (nSPS) is 45.4. The fraction of sp³-hybridized carbons (Fsp3) is 0.760. The van der Waals surface area contributed by atoms with E-state index in [1.54, 1.807) is 5.56 Å². The van der Waals surface area contributed by atoms with Gasteiger partial charge in [0.05, 0.1) is 5.60 Å². The van der Waals surface area contributed by atoms with Crippen molar-refractivity contribution in [1.82, 2.24) is 4.90 Å². The van der Waals surface area contributed by atoms with Crippen molar-refractivity contribution in [1.29, 1.82) is 0 Å². The SMILES string of the molecule is CN1CC[C@]23c4c5cccc4O[C@H]2C2CCC3(CC2C(C)(O)C(C)(C)C)[C@H]1C5. The van der Waals surface area contributed by atoms with E-state index in [-0.39, 0.29) is 22.3 Å². The van der Waals surface area contributed by atoms with E-state index < -0.39 is 5.60 Å². The molecule has 6 aliphatic rings. The van der Waals surface area contributed by atoms with Crippen molar-refractivity contribution in [3.63, 3.8) is 0 Å². The van der Waals surface area contributed by atoms with Crippen molar-refractivity contribution < 1.29 is 9.84 Å². The summed E-state index contributed by atoms with van der Waals surface area (Å²) in [6, 6.07) is 7.35. The summed E-state index contributed by atoms with van der Waals surface area (Å²) >= 11 is 0. The summed E-state index contributed by atoms with van der Waals surface area (Å²) < 4.78 is 6.85. The molecule has 2 spiro atoms. The van der Waals surface area contributed by atoms with Crippen molar-refractivity contribution in [2.24, 2.45) is 22.7 Å². The lowest BCUT2D eigenvalue weighted by Gasteiger charge is -2.72. The van der Waals surface area contributed by atoms with E-state index in [0.717, 1.165) is 18.6 Å². The molecule has 4 bridgehead atoms. The van der Waals surface area contributed by atoms with Gasteiger partial charge in [0.2, 0.25) is 0 Å². The number of likely N-dealkylation sites (N-methyl/N-ethyl adjacent to an activating group) is 1. The van der Waals surface area contributed by atoms with Crippen molar-refractivity contribution in [2.45, 2.75) is 83.0 Å². The van der Waals surface area contributed by atoms with Gasteiger partial charge in [-0.15, -0.1) is 0 Å². The lowest BCUT2D eigenvalue weighted by molar-refractivity contribution is -0.240. The molecule has 1 aromatic carbocycles. The minimum atomic E-state index is -0.683. The summed E-state index contributed by atoms with van der Waals surface area (Å²) in [7, 11) is 2.34. The number of benzene rings is 1. The molecule has 0 radical (unpaired) electrons. The molecule has 4 unspecified atom stereocenters. The van der Waals surface area contributed by atoms with Gasteiger partial charge in [0.1, 0.15) is 11.9 Å². The molecule has 152 valence electrons. The van der Waals surface area contributed by atoms with Crippen LogP contribution in [-0.2, 0) is 11.8 Å². The van der Waals surface area contributed by atoms with Gasteiger partial charge in [0, 0.05) is 28.4 Å². The summed E-state index contributed by atoms with van der Waals surface area (Å²) in [6.07, 6.45) is 6.28. The maximum atomic E-state index is 11.8. The van der Waals surface area contributed by atoms with Crippen LogP contribution in [0.25, 0.3) is 0 Å². The molecule has 28 heavy (non-hydrogen) atoms. The number of aliphatic hydroxyl groups is 1. The van der Waals surface area contributed by atoms with Gasteiger partial charge in [0.15, 0.2) is 0 Å². The number of piperidine rings is 1. The highest BCUT2D eigenvalue weighted by Crippen LogP contribution is 2.75. The Morgan fingerprint density at radius 1 is 1.18 bits per heavy atom. The number of hydrogen-bond donors (Lipinski definition) is 1. The van der Waals surface area contributed by atoms with Crippen LogP contribution in [0.2, 0.25) is 0 Å². The Balaban J connectivity index is 1.59. The zero-order chi connectivity index (χ0) is 19.7. The van der Waals surface area contributed by atoms with Gasteiger partial charge >= 0.3 is 0 Å². The van der Waals surface area contributed by atoms with E-state index in [2.05, 4.69) is 57.8 Å². The first-order chi connectivity index (χ1) is 13.1. The van der Waals surface area contributed by atoms with Crippen LogP contribution in [0.15, 0.2) is 18.2 Å². The second kappa shape index (κ2) is 4.98. The van der Waals surface area contributed by atoms with E-state index in [1.807, 2.05) is 0 Å². The van der Waals surface area contributed by atoms with Crippen LogP contribution >= 0.6 is 0 Å². The monoisotopic (exact) mass is 381 g/mol. The maximum absolute atomic E-state index is 11.8. The van der Waals surface area contributed by atoms with Crippen LogP contribution in [0, 0.1) is 22.7 Å². The van der Waals surface area contributed by atoms with E-state index in [4.69, 9.17) is 4.74 Å². The van der Waals surface area contributed by atoms with E-state index >= 15 is 0 Å². The molecule has 7 rings (SSSR count). The largest absolute Gasteiger partial charge is 0.489 e. The van der Waals surface area contributed by atoms with E-state index in [1.165, 1.54) is 31.4 Å². The Kier molecular flexibility index (Phi) is 3.16. The first kappa shape index (κ1) is 17.8. The van der Waals surface area contributed by atoms with Gasteiger partial charge in [-0.2, -0.15) is 0 Å². The molecular weight excluding hydrogens is 346 g/mol. The lowest BCUT2D eigenvalue weighted by Crippen LogP contribution is -2.77. The number of likely N-dealkylation sites (tertiary alicyclic amines) is 1. The number of fused-ring (bicyclic) bond motifs is 2. The van der Waals surface area contributed by atoms with Gasteiger partial charge in [-0.1, -0.05) is 32.9 Å². The molecule has 7 atom stereocenters. The highest BCUT2D eigenvalue weighted by molar-refractivity contribution is 5.57. The molecule has 4 fully saturated rings. The van der Waals surface area contributed by atoms with Crippen LogP contribution in [0.3, 0.4) is 0 Å². The molecule has 2 aliphatic heterocycles. The Hall–Kier alpha value is -1.06. The predicted octanol–water partition coefficient (Wildman–Crippen LogP) is 4.16. The molecule has 1 saturated heterocycles. The minimum Gasteiger partial charge on any atom is -0.489 e. The standard InChI is InChI=1S/C25H35NO2/c1-22(2,3)23(4,27)17-14-24-10-9-16(17)21-25(24)11-12-26(5)19(24)13-15-7-6-8-18(28-21)20(15)25/h6-8,16-17,19,21,27H,9-14H2,1-5H3/t16?,17?,19-,21+,23?,24?,25+/m1/s1. The highest BCUT2D eigenvalue weighted by atomic mass is 16.5. The molecule has 4 aliphatic carbocycles. The average Bonchev–Trinajstić information content (AvgIpc) is 2.99. The summed E-state index contributed by atoms with van der Waals surface area (Å²) in [5, 5.41) is 11.8. The minimum absolute atomic E-state index is 0.134. The summed E-state index contributed by atoms with van der Waals surface area (Å²) in [5.74, 6) is 1.93. The third-order valence-electron chi connectivity index (χ3n) is 10.3. The Labute approximate surface area is 169 Å². The quantitative estimate of drug-likeness (QED) is 0.793. The topological polar surface area (TPSA) is 32.7 Å². The molecule has 0 amide bonds. The van der Waals surface area contributed by atoms with Crippen molar-refractivity contribution in [2.75, 3.05) is 13.6 Å². The van der Waals surface area contributed by atoms with Gasteiger partial charge in [-0.3, -0.25) is 0 Å². The Bertz CT molecular complexity index is 855. The van der Waals surface area contributed by atoms with Gasteiger partial charge in [-0.05, 0) is 75.6 Å². The summed E-state index contributed by atoms with van der Waals surface area (Å²) in [5.41, 5.74) is 2.72. The third-order valence-corrected chi connectivity index (χ3v) is 10.3. The second-order valence-electron chi connectivity index (χ2n) is 11.8. The lowest BCUT2D eigenvalue weighted by atomic mass is 9.34. The first-order valence-electron chi connectivity index (χ1n) is 11.4. The van der Waals surface area contributed by atoms with E-state index in [9.17, 15) is 5.11 Å². The summed E-state index contributed by atoms with van der Waals surface area (Å²) in [6.45, 7) is 9.90. The van der Waals surface area contributed by atoms with Crippen molar-refractivity contribution >= 4 is 0 Å². The molecule has 3 saturated carbocycles. The van der Waals surface area contributed by atoms with Crippen molar-refractivity contribution in [3.05, 3.63) is 29.3 Å². The molecule has 0 aromatic heterocycles. The van der Waals surface area contributed by atoms with Gasteiger partial charge in [0.25, 0.3) is 0 Å². The van der Waals surface area contributed by atoms with Crippen LogP contribution < -0.4 is 4.74 Å². The zero-order valence-electron chi connectivity index (χ0n) is 18.1. The third kappa shape index (κ3) is 1.69. The molecule has 2 heterocycles. The molecule has 1 aromatic rings. The molecule has 3 nitrogen and oxygen atoms in total. The number of rotatable bonds is 1. The number of hydrogen-bond acceptors (Lipinski definition) is 3. The smallest absolute Gasteiger partial charge is 0.123 e. The van der Waals surface area contributed by atoms with Crippen LogP contribution in [0.4, 0.5) is 0 Å². The average molecular weight is 382 g/mol. The summed E-state index contributed by atoms with van der Waals surface area (Å²) in [4.78, 5) is 2.64. The Morgan fingerprint density at radius 2 is 1.96 bits per heavy atom. The number of ether oxygens (including phenoxy) is 1. The van der Waals surface area contributed by atoms with E-state index in [0.29, 0.717) is 17.9 Å². The number of nitrogens with zero attached hydrogens (tertiary/aromatic N) is 1. The van der Waals surface area contributed by atoms with Gasteiger partial charge in [-0.25, -0.2) is 0 Å². The Morgan fingerprint density at radius 3 is 2.71 bits per heavy atom. The predicted molar refractivity (Wildman–Crippen MR) is 111 cm³/mol. The van der Waals surface area contributed by atoms with Crippen LogP contribution in [0.1, 0.15) is 64.5 Å². The van der Waals surface area contributed by atoms with Crippen LogP contribution in [-0.4, -0.2) is 41.3 Å². The van der Waals surface area contributed by atoms with Gasteiger partial charge < -0.3 is 14.7 Å². The second-order valence-corrected chi connectivity index (χ2v) is 11.8. The van der Waals surface area contributed by atoms with Crippen molar-refractivity contribution in [3.8, 4) is 5.75 Å². The fourth-order valence-corrected chi connectivity index (χ4v) is 8.53. The molecule has 1 N–H and O–H groups in total. The van der Waals surface area contributed by atoms with Crippen LogP contribution in [0.5, 0.6) is 5.75 Å². The first-order valence-corrected chi connectivity index (χ1v) is 11.4.